The molecule has 13 heteroatoms. The molecule has 36 heavy (non-hydrogen) atoms. The summed E-state index contributed by atoms with van der Waals surface area (Å²) < 4.78 is 43.0. The molecule has 0 aliphatic heterocycles. The summed E-state index contributed by atoms with van der Waals surface area (Å²) in [4.78, 5) is 20.0. The van der Waals surface area contributed by atoms with Crippen LogP contribution in [-0.2, 0) is 14.8 Å². The number of amides is 1. The number of benzene rings is 2. The van der Waals surface area contributed by atoms with Gasteiger partial charge in [-0.2, -0.15) is 9.97 Å². The first-order valence-corrected chi connectivity index (χ1v) is 12.2. The second kappa shape index (κ2) is 12.0. The maximum atomic E-state index is 12.7. The van der Waals surface area contributed by atoms with Gasteiger partial charge in [-0.3, -0.25) is 14.8 Å². The molecule has 3 N–H and O–H groups in total. The van der Waals surface area contributed by atoms with Crippen LogP contribution >= 0.6 is 12.2 Å². The van der Waals surface area contributed by atoms with Gasteiger partial charge < -0.3 is 19.5 Å². The number of anilines is 2. The van der Waals surface area contributed by atoms with Crippen molar-refractivity contribution in [2.45, 2.75) is 4.90 Å². The van der Waals surface area contributed by atoms with Crippen LogP contribution < -0.4 is 29.6 Å². The maximum absolute atomic E-state index is 12.7. The van der Waals surface area contributed by atoms with Crippen LogP contribution in [0.4, 0.5) is 11.5 Å². The van der Waals surface area contributed by atoms with Crippen molar-refractivity contribution < 1.29 is 27.4 Å². The van der Waals surface area contributed by atoms with E-state index in [1.54, 1.807) is 25.3 Å². The molecule has 0 spiro atoms. The van der Waals surface area contributed by atoms with Crippen molar-refractivity contribution in [1.29, 1.82) is 0 Å². The Morgan fingerprint density at radius 2 is 1.69 bits per heavy atom. The van der Waals surface area contributed by atoms with Gasteiger partial charge in [0.05, 0.1) is 26.2 Å². The molecule has 11 nitrogen and oxygen atoms in total. The minimum atomic E-state index is -3.97. The number of carbonyl (C=O) groups is 1. The quantitative estimate of drug-likeness (QED) is 0.280. The van der Waals surface area contributed by atoms with Gasteiger partial charge in [0.2, 0.25) is 11.8 Å². The molecule has 2 aromatic carbocycles. The number of methoxy groups -OCH3 is 3. The Labute approximate surface area is 213 Å². The second-order valence-corrected chi connectivity index (χ2v) is 9.02. The van der Waals surface area contributed by atoms with Gasteiger partial charge in [-0.25, -0.2) is 8.42 Å². The Hall–Kier alpha value is -4.23. The van der Waals surface area contributed by atoms with E-state index in [2.05, 4.69) is 25.3 Å². The molecular formula is C23H23N5O6S2. The van der Waals surface area contributed by atoms with E-state index in [4.69, 9.17) is 26.4 Å². The first-order valence-electron chi connectivity index (χ1n) is 10.3. The molecule has 0 aliphatic carbocycles. The number of carbonyl (C=O) groups excluding carboxylic acids is 1. The average Bonchev–Trinajstić information content (AvgIpc) is 2.87. The Bertz CT molecular complexity index is 1360. The van der Waals surface area contributed by atoms with E-state index in [-0.39, 0.29) is 27.7 Å². The number of para-hydroxylation sites is 1. The zero-order valence-electron chi connectivity index (χ0n) is 19.5. The Morgan fingerprint density at radius 3 is 2.36 bits per heavy atom. The fraction of sp³-hybridized carbons (Fsp3) is 0.130. The molecule has 0 radical (unpaired) electrons. The van der Waals surface area contributed by atoms with E-state index in [1.165, 1.54) is 50.6 Å². The highest BCUT2D eigenvalue weighted by Crippen LogP contribution is 2.22. The fourth-order valence-electron chi connectivity index (χ4n) is 2.85. The van der Waals surface area contributed by atoms with Gasteiger partial charge in [0.15, 0.2) is 10.9 Å². The summed E-state index contributed by atoms with van der Waals surface area (Å²) in [5.41, 5.74) is 1.21. The summed E-state index contributed by atoms with van der Waals surface area (Å²) in [5, 5.41) is 5.38. The lowest BCUT2D eigenvalue weighted by Gasteiger charge is -2.11. The van der Waals surface area contributed by atoms with Crippen molar-refractivity contribution in [2.24, 2.45) is 0 Å². The molecule has 3 aromatic rings. The van der Waals surface area contributed by atoms with Gasteiger partial charge in [-0.15, -0.1) is 0 Å². The highest BCUT2D eigenvalue weighted by Gasteiger charge is 2.17. The van der Waals surface area contributed by atoms with E-state index in [1.807, 2.05) is 12.1 Å². The fourth-order valence-corrected chi connectivity index (χ4v) is 4.06. The molecule has 0 unspecified atom stereocenters. The summed E-state index contributed by atoms with van der Waals surface area (Å²) in [6.45, 7) is 0. The number of thiocarbonyl (C=S) groups is 1. The molecule has 188 valence electrons. The van der Waals surface area contributed by atoms with Crippen molar-refractivity contribution in [3.8, 4) is 17.6 Å². The summed E-state index contributed by atoms with van der Waals surface area (Å²) >= 11 is 5.16. The molecular weight excluding hydrogens is 506 g/mol. The molecule has 0 saturated carbocycles. The second-order valence-electron chi connectivity index (χ2n) is 6.93. The normalized spacial score (nSPS) is 11.0. The zero-order chi connectivity index (χ0) is 26.1. The predicted octanol–water partition coefficient (Wildman–Crippen LogP) is 2.83. The van der Waals surface area contributed by atoms with Gasteiger partial charge in [-0.1, -0.05) is 18.2 Å². The number of hydrogen-bond acceptors (Lipinski definition) is 9. The third-order valence-corrected chi connectivity index (χ3v) is 6.10. The van der Waals surface area contributed by atoms with Gasteiger partial charge in [-0.05, 0) is 48.6 Å². The number of ether oxygens (including phenoxy) is 3. The number of sulfonamides is 1. The first-order chi connectivity index (χ1) is 17.2. The maximum Gasteiger partial charge on any atom is 0.321 e. The molecule has 0 aliphatic rings. The lowest BCUT2D eigenvalue weighted by atomic mass is 10.2. The minimum Gasteiger partial charge on any atom is -0.496 e. The molecule has 1 aromatic heterocycles. The first kappa shape index (κ1) is 26.4. The molecule has 1 amide bonds. The van der Waals surface area contributed by atoms with E-state index >= 15 is 0 Å². The lowest BCUT2D eigenvalue weighted by molar-refractivity contribution is -0.115. The van der Waals surface area contributed by atoms with Gasteiger partial charge in [0, 0.05) is 23.4 Å². The molecule has 0 bridgehead atoms. The summed E-state index contributed by atoms with van der Waals surface area (Å²) in [5.74, 6) is 0.292. The Morgan fingerprint density at radius 1 is 0.972 bits per heavy atom. The average molecular weight is 530 g/mol. The van der Waals surface area contributed by atoms with Crippen molar-refractivity contribution >= 4 is 50.8 Å². The summed E-state index contributed by atoms with van der Waals surface area (Å²) in [7, 11) is 0.310. The topological polar surface area (TPSA) is 141 Å². The van der Waals surface area contributed by atoms with Crippen LogP contribution in [0.3, 0.4) is 0 Å². The summed E-state index contributed by atoms with van der Waals surface area (Å²) in [6, 6.07) is 14.2. The standard InChI is InChI=1S/C23H23N5O6S2/c1-32-18-7-5-4-6-15(18)8-13-20(29)26-23(35)24-16-9-11-17(12-10-16)36(30,31)28-19-14-21(33-2)27-22(25-19)34-3/h4-14H,1-3H3,(H,25,27,28)(H2,24,26,29,35). The van der Waals surface area contributed by atoms with Crippen molar-refractivity contribution in [2.75, 3.05) is 31.4 Å². The smallest absolute Gasteiger partial charge is 0.321 e. The van der Waals surface area contributed by atoms with E-state index in [9.17, 15) is 13.2 Å². The lowest BCUT2D eigenvalue weighted by Crippen LogP contribution is -2.32. The van der Waals surface area contributed by atoms with E-state index in [0.717, 1.165) is 5.56 Å². The number of rotatable bonds is 9. The number of hydrogen-bond donors (Lipinski definition) is 3. The largest absolute Gasteiger partial charge is 0.496 e. The zero-order valence-corrected chi connectivity index (χ0v) is 21.1. The molecule has 3 rings (SSSR count). The molecule has 0 saturated heterocycles. The molecule has 0 fully saturated rings. The van der Waals surface area contributed by atoms with Crippen molar-refractivity contribution in [3.63, 3.8) is 0 Å². The number of aromatic nitrogens is 2. The Balaban J connectivity index is 1.61. The number of nitrogens with one attached hydrogen (secondary N) is 3. The van der Waals surface area contributed by atoms with E-state index in [0.29, 0.717) is 11.4 Å². The van der Waals surface area contributed by atoms with Crippen LogP contribution in [0.2, 0.25) is 0 Å². The van der Waals surface area contributed by atoms with Crippen LogP contribution in [-0.4, -0.2) is 50.7 Å². The molecule has 1 heterocycles. The van der Waals surface area contributed by atoms with Gasteiger partial charge >= 0.3 is 6.01 Å². The third-order valence-electron chi connectivity index (χ3n) is 4.53. The highest BCUT2D eigenvalue weighted by atomic mass is 32.2. The Kier molecular flexibility index (Phi) is 8.76. The molecule has 0 atom stereocenters. The monoisotopic (exact) mass is 529 g/mol. The highest BCUT2D eigenvalue weighted by molar-refractivity contribution is 7.92. The van der Waals surface area contributed by atoms with Crippen molar-refractivity contribution in [1.82, 2.24) is 15.3 Å². The van der Waals surface area contributed by atoms with Crippen LogP contribution in [0.1, 0.15) is 5.56 Å². The number of nitrogens with zero attached hydrogens (tertiary/aromatic N) is 2. The predicted molar refractivity (Wildman–Crippen MR) is 139 cm³/mol. The summed E-state index contributed by atoms with van der Waals surface area (Å²) in [6.07, 6.45) is 2.93. The van der Waals surface area contributed by atoms with Crippen LogP contribution in [0.25, 0.3) is 6.08 Å². The van der Waals surface area contributed by atoms with E-state index < -0.39 is 15.9 Å². The van der Waals surface area contributed by atoms with Crippen LogP contribution in [0, 0.1) is 0 Å². The SMILES string of the molecule is COc1cc(NS(=O)(=O)c2ccc(NC(=S)NC(=O)C=Cc3ccccc3OC)cc2)nc(OC)n1. The van der Waals surface area contributed by atoms with Crippen molar-refractivity contribution in [3.05, 3.63) is 66.2 Å². The van der Waals surface area contributed by atoms with Crippen LogP contribution in [0.15, 0.2) is 65.6 Å². The minimum absolute atomic E-state index is 0.0223. The van der Waals surface area contributed by atoms with Gasteiger partial charge in [0.1, 0.15) is 5.75 Å². The van der Waals surface area contributed by atoms with Crippen LogP contribution in [0.5, 0.6) is 17.6 Å². The van der Waals surface area contributed by atoms with Gasteiger partial charge in [0.25, 0.3) is 10.0 Å². The third kappa shape index (κ3) is 7.13.